The second-order valence-electron chi connectivity index (χ2n) is 12.0. The minimum Gasteiger partial charge on any atom is -0.504 e. The van der Waals surface area contributed by atoms with Crippen LogP contribution >= 0.6 is 0 Å². The number of para-hydroxylation sites is 2. The molecule has 0 saturated carbocycles. The molecule has 0 unspecified atom stereocenters. The van der Waals surface area contributed by atoms with Gasteiger partial charge in [-0.15, -0.1) is 0 Å². The molecule has 0 spiro atoms. The summed E-state index contributed by atoms with van der Waals surface area (Å²) in [5.41, 5.74) is 3.55. The molecule has 1 aliphatic rings. The molecular weight excluding hydrogens is 596 g/mol. The normalized spacial score (nSPS) is 13.9. The van der Waals surface area contributed by atoms with Gasteiger partial charge >= 0.3 is 0 Å². The largest absolute Gasteiger partial charge is 0.504 e. The highest BCUT2D eigenvalue weighted by Crippen LogP contribution is 2.41. The van der Waals surface area contributed by atoms with E-state index in [0.717, 1.165) is 44.0 Å². The van der Waals surface area contributed by atoms with Crippen molar-refractivity contribution in [3.8, 4) is 11.4 Å². The molecule has 0 bridgehead atoms. The fourth-order valence-electron chi connectivity index (χ4n) is 7.02. The minimum absolute atomic E-state index is 0.227. The first-order valence-corrected chi connectivity index (χ1v) is 15.6. The lowest BCUT2D eigenvalue weighted by Crippen LogP contribution is -2.22. The van der Waals surface area contributed by atoms with Gasteiger partial charge in [0, 0.05) is 45.7 Å². The second kappa shape index (κ2) is 10.4. The third kappa shape index (κ3) is 4.06. The Balaban J connectivity index is 1.19. The number of carbonyl (C=O) groups excluding carboxylic acids is 2. The number of hydrogen-bond acceptors (Lipinski definition) is 4. The number of benzene rings is 6. The van der Waals surface area contributed by atoms with Crippen LogP contribution in [0.4, 0.5) is 0 Å². The molecule has 2 N–H and O–H groups in total. The zero-order valence-corrected chi connectivity index (χ0v) is 25.5. The first-order chi connectivity index (χ1) is 23.5. The second-order valence-corrected chi connectivity index (χ2v) is 12.0. The van der Waals surface area contributed by atoms with E-state index in [1.807, 2.05) is 130 Å². The van der Waals surface area contributed by atoms with E-state index in [2.05, 4.69) is 12.1 Å². The van der Waals surface area contributed by atoms with Crippen LogP contribution in [0.25, 0.3) is 65.9 Å². The van der Waals surface area contributed by atoms with E-state index in [0.29, 0.717) is 21.9 Å². The van der Waals surface area contributed by atoms with E-state index < -0.39 is 23.1 Å². The van der Waals surface area contributed by atoms with Gasteiger partial charge in [0.05, 0.1) is 22.2 Å². The van der Waals surface area contributed by atoms with Gasteiger partial charge in [-0.1, -0.05) is 97.1 Å². The molecule has 9 rings (SSSR count). The molecule has 228 valence electrons. The summed E-state index contributed by atoms with van der Waals surface area (Å²) >= 11 is 0. The molecule has 2 heterocycles. The molecule has 8 aromatic rings. The van der Waals surface area contributed by atoms with Crippen LogP contribution in [0.15, 0.2) is 157 Å². The summed E-state index contributed by atoms with van der Waals surface area (Å²) in [4.78, 5) is 28.2. The Labute approximate surface area is 274 Å². The van der Waals surface area contributed by atoms with E-state index in [1.54, 1.807) is 12.4 Å². The van der Waals surface area contributed by atoms with Crippen molar-refractivity contribution in [2.24, 2.45) is 0 Å². The van der Waals surface area contributed by atoms with Crippen molar-refractivity contribution in [3.05, 3.63) is 168 Å². The maximum absolute atomic E-state index is 14.1. The van der Waals surface area contributed by atoms with Gasteiger partial charge in [0.2, 0.25) is 11.6 Å². The monoisotopic (exact) mass is 622 g/mol. The number of carbonyl (C=O) groups is 2. The van der Waals surface area contributed by atoms with E-state index in [9.17, 15) is 19.8 Å². The lowest BCUT2D eigenvalue weighted by Gasteiger charge is -2.17. The number of aromatic nitrogens is 2. The molecule has 6 heteroatoms. The predicted octanol–water partition coefficient (Wildman–Crippen LogP) is 9.27. The van der Waals surface area contributed by atoms with Gasteiger partial charge in [0.25, 0.3) is 0 Å². The summed E-state index contributed by atoms with van der Waals surface area (Å²) in [5.74, 6) is -3.02. The molecule has 0 aliphatic heterocycles. The summed E-state index contributed by atoms with van der Waals surface area (Å²) < 4.78 is 3.87. The van der Waals surface area contributed by atoms with Crippen molar-refractivity contribution in [1.29, 1.82) is 0 Å². The number of rotatable bonds is 4. The summed E-state index contributed by atoms with van der Waals surface area (Å²) in [6, 6.07) is 43.2. The van der Waals surface area contributed by atoms with E-state index in [4.69, 9.17) is 0 Å². The summed E-state index contributed by atoms with van der Waals surface area (Å²) in [6.45, 7) is 0. The number of hydrogen-bond donors (Lipinski definition) is 2. The third-order valence-corrected chi connectivity index (χ3v) is 9.34. The fraction of sp³-hybridized carbons (Fsp3) is 0. The Kier molecular flexibility index (Phi) is 6.01. The molecule has 0 saturated heterocycles. The fourth-order valence-corrected chi connectivity index (χ4v) is 7.02. The molecule has 0 amide bonds. The molecule has 2 aromatic heterocycles. The zero-order valence-electron chi connectivity index (χ0n) is 25.5. The average molecular weight is 623 g/mol. The van der Waals surface area contributed by atoms with Gasteiger partial charge in [-0.2, -0.15) is 0 Å². The first kappa shape index (κ1) is 27.6. The van der Waals surface area contributed by atoms with Crippen molar-refractivity contribution in [3.63, 3.8) is 0 Å². The molecule has 48 heavy (non-hydrogen) atoms. The van der Waals surface area contributed by atoms with Gasteiger partial charge in [0.1, 0.15) is 0 Å². The van der Waals surface area contributed by atoms with Crippen LogP contribution in [0.2, 0.25) is 0 Å². The highest BCUT2D eigenvalue weighted by molar-refractivity contribution is 6.48. The average Bonchev–Trinajstić information content (AvgIpc) is 3.70. The van der Waals surface area contributed by atoms with Gasteiger partial charge in [0.15, 0.2) is 11.5 Å². The van der Waals surface area contributed by atoms with Crippen LogP contribution in [-0.2, 0) is 9.59 Å². The van der Waals surface area contributed by atoms with Crippen molar-refractivity contribution >= 4 is 66.1 Å². The topological polar surface area (TPSA) is 84.5 Å². The van der Waals surface area contributed by atoms with Gasteiger partial charge in [-0.25, -0.2) is 0 Å². The van der Waals surface area contributed by atoms with E-state index >= 15 is 0 Å². The predicted molar refractivity (Wildman–Crippen MR) is 191 cm³/mol. The van der Waals surface area contributed by atoms with Crippen LogP contribution in [0.1, 0.15) is 11.1 Å². The van der Waals surface area contributed by atoms with Crippen molar-refractivity contribution < 1.29 is 19.8 Å². The number of aliphatic hydroxyl groups excluding tert-OH is 2. The Morgan fingerprint density at radius 2 is 0.792 bits per heavy atom. The minimum atomic E-state index is -0.814. The Morgan fingerprint density at radius 3 is 1.23 bits per heavy atom. The van der Waals surface area contributed by atoms with Crippen LogP contribution in [0.5, 0.6) is 0 Å². The number of fused-ring (bicyclic) bond motifs is 4. The molecular formula is C42H26N2O4. The molecule has 1 aliphatic carbocycles. The van der Waals surface area contributed by atoms with Gasteiger partial charge in [-0.05, 0) is 57.9 Å². The third-order valence-electron chi connectivity index (χ3n) is 9.34. The summed E-state index contributed by atoms with van der Waals surface area (Å²) in [5, 5.41) is 28.7. The molecule has 6 nitrogen and oxygen atoms in total. The maximum Gasteiger partial charge on any atom is 0.232 e. The maximum atomic E-state index is 14.1. The number of allylic oxidation sites excluding steroid dienone is 2. The number of aliphatic hydroxyl groups is 2. The standard InChI is InChI=1S/C42H26N2O4/c45-39-37(33-23-43(35-15-7-5-13-31(33)35)29-19-17-25-9-1-3-11-27(25)21-29)40(46)42(48)38(41(39)47)34-24-44(36-16-8-6-14-32(34)36)30-20-18-26-10-2-4-12-28(26)22-30/h1-24,45,48H. The molecule has 0 atom stereocenters. The Bertz CT molecular complexity index is 2550. The number of ketones is 2. The Hall–Kier alpha value is -6.66. The van der Waals surface area contributed by atoms with Crippen LogP contribution < -0.4 is 0 Å². The molecule has 0 fully saturated rings. The SMILES string of the molecule is O=C1C(O)=C(c2cn(-c3ccc4ccccc4c3)c3ccccc23)C(=O)C(O)=C1c1cn(-c2ccc3ccccc3c2)c2ccccc12. The summed E-state index contributed by atoms with van der Waals surface area (Å²) in [6.07, 6.45) is 3.49. The lowest BCUT2D eigenvalue weighted by atomic mass is 9.86. The zero-order chi connectivity index (χ0) is 32.5. The van der Waals surface area contributed by atoms with Gasteiger partial charge < -0.3 is 19.3 Å². The quantitative estimate of drug-likeness (QED) is 0.192. The van der Waals surface area contributed by atoms with Gasteiger partial charge in [-0.3, -0.25) is 9.59 Å². The Morgan fingerprint density at radius 1 is 0.417 bits per heavy atom. The molecule has 6 aromatic carbocycles. The van der Waals surface area contributed by atoms with Crippen molar-refractivity contribution in [2.75, 3.05) is 0 Å². The number of nitrogens with zero attached hydrogens (tertiary/aromatic N) is 2. The van der Waals surface area contributed by atoms with Crippen molar-refractivity contribution in [2.45, 2.75) is 0 Å². The van der Waals surface area contributed by atoms with Crippen molar-refractivity contribution in [1.82, 2.24) is 9.13 Å². The van der Waals surface area contributed by atoms with Crippen LogP contribution in [0.3, 0.4) is 0 Å². The smallest absolute Gasteiger partial charge is 0.232 e. The van der Waals surface area contributed by atoms with E-state index in [1.165, 1.54) is 0 Å². The number of Topliss-reactive ketones (excluding diaryl/α,β-unsaturated/α-hetero) is 2. The highest BCUT2D eigenvalue weighted by atomic mass is 16.3. The summed E-state index contributed by atoms with van der Waals surface area (Å²) in [7, 11) is 0. The molecule has 0 radical (unpaired) electrons. The van der Waals surface area contributed by atoms with Crippen LogP contribution in [-0.4, -0.2) is 30.9 Å². The first-order valence-electron chi connectivity index (χ1n) is 15.6. The van der Waals surface area contributed by atoms with Crippen LogP contribution in [0, 0.1) is 0 Å². The lowest BCUT2D eigenvalue weighted by molar-refractivity contribution is -0.116. The van der Waals surface area contributed by atoms with E-state index in [-0.39, 0.29) is 11.1 Å². The highest BCUT2D eigenvalue weighted by Gasteiger charge is 2.38.